The first-order chi connectivity index (χ1) is 7.69. The molecule has 0 aromatic heterocycles. The molecule has 0 saturated carbocycles. The predicted octanol–water partition coefficient (Wildman–Crippen LogP) is 0.977. The van der Waals surface area contributed by atoms with Crippen LogP contribution in [0.4, 0.5) is 0 Å². The molecular weight excluding hydrogens is 220 g/mol. The topological polar surface area (TPSA) is 92.4 Å². The summed E-state index contributed by atoms with van der Waals surface area (Å²) in [4.78, 5) is 22.5. The lowest BCUT2D eigenvalue weighted by atomic mass is 9.93. The zero-order valence-corrected chi connectivity index (χ0v) is 11.1. The van der Waals surface area contributed by atoms with E-state index in [1.54, 1.807) is 0 Å². The van der Waals surface area contributed by atoms with E-state index >= 15 is 0 Å². The highest BCUT2D eigenvalue weighted by atomic mass is 16.4. The van der Waals surface area contributed by atoms with Gasteiger partial charge in [-0.3, -0.25) is 4.79 Å². The van der Waals surface area contributed by atoms with Crippen LogP contribution < -0.4 is 11.1 Å². The van der Waals surface area contributed by atoms with Gasteiger partial charge in [0.25, 0.3) is 0 Å². The van der Waals surface area contributed by atoms with Crippen molar-refractivity contribution in [1.29, 1.82) is 0 Å². The normalized spacial score (nSPS) is 13.5. The minimum absolute atomic E-state index is 0.111. The zero-order valence-electron chi connectivity index (χ0n) is 11.1. The lowest BCUT2D eigenvalue weighted by molar-refractivity contribution is -0.146. The molecule has 100 valence electrons. The number of amides is 1. The van der Waals surface area contributed by atoms with Gasteiger partial charge in [0.2, 0.25) is 5.91 Å². The number of carboxylic acids is 1. The van der Waals surface area contributed by atoms with Gasteiger partial charge >= 0.3 is 5.97 Å². The van der Waals surface area contributed by atoms with E-state index in [0.29, 0.717) is 12.5 Å². The summed E-state index contributed by atoms with van der Waals surface area (Å²) in [7, 11) is 0. The third-order valence-electron chi connectivity index (χ3n) is 2.60. The molecule has 0 fully saturated rings. The second-order valence-electron chi connectivity index (χ2n) is 5.41. The maximum absolute atomic E-state index is 11.7. The quantitative estimate of drug-likeness (QED) is 0.622. The number of carboxylic acid groups (broad SMARTS) is 1. The van der Waals surface area contributed by atoms with Crippen molar-refractivity contribution < 1.29 is 14.7 Å². The third-order valence-corrected chi connectivity index (χ3v) is 2.60. The van der Waals surface area contributed by atoms with E-state index in [9.17, 15) is 9.59 Å². The van der Waals surface area contributed by atoms with Crippen LogP contribution in [0.2, 0.25) is 0 Å². The first-order valence-corrected chi connectivity index (χ1v) is 5.93. The first-order valence-electron chi connectivity index (χ1n) is 5.93. The summed E-state index contributed by atoms with van der Waals surface area (Å²) >= 11 is 0. The molecule has 1 amide bonds. The van der Waals surface area contributed by atoms with E-state index in [1.165, 1.54) is 13.8 Å². The van der Waals surface area contributed by atoms with Crippen LogP contribution in [0.25, 0.3) is 0 Å². The van der Waals surface area contributed by atoms with Gasteiger partial charge in [-0.05, 0) is 38.6 Å². The molecule has 17 heavy (non-hydrogen) atoms. The van der Waals surface area contributed by atoms with Crippen LogP contribution >= 0.6 is 0 Å². The van der Waals surface area contributed by atoms with Gasteiger partial charge in [-0.2, -0.15) is 0 Å². The van der Waals surface area contributed by atoms with E-state index in [4.69, 9.17) is 10.8 Å². The summed E-state index contributed by atoms with van der Waals surface area (Å²) in [5.41, 5.74) is 4.37. The molecule has 0 saturated heterocycles. The highest BCUT2D eigenvalue weighted by Gasteiger charge is 2.29. The number of rotatable bonds is 7. The molecule has 5 nitrogen and oxygen atoms in total. The van der Waals surface area contributed by atoms with E-state index in [2.05, 4.69) is 19.2 Å². The summed E-state index contributed by atoms with van der Waals surface area (Å²) in [5.74, 6) is -0.712. The smallest absolute Gasteiger partial charge is 0.328 e. The predicted molar refractivity (Wildman–Crippen MR) is 66.5 cm³/mol. The molecule has 0 aromatic carbocycles. The average molecular weight is 244 g/mol. The van der Waals surface area contributed by atoms with E-state index in [0.717, 1.165) is 6.42 Å². The van der Waals surface area contributed by atoms with Gasteiger partial charge in [-0.1, -0.05) is 13.8 Å². The SMILES string of the molecule is CC(C)CC(CN)CC(=O)NC(C)(C)C(=O)O. The van der Waals surface area contributed by atoms with Crippen molar-refractivity contribution in [2.75, 3.05) is 6.54 Å². The molecular formula is C12H24N2O3. The van der Waals surface area contributed by atoms with E-state index in [-0.39, 0.29) is 18.2 Å². The maximum atomic E-state index is 11.7. The van der Waals surface area contributed by atoms with Crippen LogP contribution in [-0.4, -0.2) is 29.1 Å². The van der Waals surface area contributed by atoms with Crippen LogP contribution in [0, 0.1) is 11.8 Å². The number of aliphatic carboxylic acids is 1. The van der Waals surface area contributed by atoms with Gasteiger partial charge in [0.1, 0.15) is 5.54 Å². The fraction of sp³-hybridized carbons (Fsp3) is 0.833. The van der Waals surface area contributed by atoms with Crippen molar-refractivity contribution in [3.63, 3.8) is 0 Å². The molecule has 0 aliphatic carbocycles. The van der Waals surface area contributed by atoms with E-state index < -0.39 is 11.5 Å². The molecule has 0 rings (SSSR count). The van der Waals surface area contributed by atoms with Crippen molar-refractivity contribution in [3.8, 4) is 0 Å². The standard InChI is InChI=1S/C12H24N2O3/c1-8(2)5-9(7-13)6-10(15)14-12(3,4)11(16)17/h8-9H,5-7,13H2,1-4H3,(H,14,15)(H,16,17). The highest BCUT2D eigenvalue weighted by Crippen LogP contribution is 2.15. The summed E-state index contributed by atoms with van der Waals surface area (Å²) in [6.07, 6.45) is 1.16. The van der Waals surface area contributed by atoms with Crippen LogP contribution in [0.3, 0.4) is 0 Å². The molecule has 0 aliphatic rings. The minimum Gasteiger partial charge on any atom is -0.480 e. The maximum Gasteiger partial charge on any atom is 0.328 e. The Morgan fingerprint density at radius 2 is 1.88 bits per heavy atom. The summed E-state index contributed by atoms with van der Waals surface area (Å²) in [6, 6.07) is 0. The van der Waals surface area contributed by atoms with Crippen molar-refractivity contribution in [3.05, 3.63) is 0 Å². The fourth-order valence-corrected chi connectivity index (χ4v) is 1.64. The Kier molecular flexibility index (Phi) is 6.16. The van der Waals surface area contributed by atoms with Crippen molar-refractivity contribution in [2.24, 2.45) is 17.6 Å². The van der Waals surface area contributed by atoms with Crippen LogP contribution in [0.1, 0.15) is 40.5 Å². The second-order valence-corrected chi connectivity index (χ2v) is 5.41. The Hall–Kier alpha value is -1.10. The van der Waals surface area contributed by atoms with Crippen molar-refractivity contribution in [1.82, 2.24) is 5.32 Å². The Morgan fingerprint density at radius 3 is 2.24 bits per heavy atom. The van der Waals surface area contributed by atoms with Crippen molar-refractivity contribution >= 4 is 11.9 Å². The van der Waals surface area contributed by atoms with Gasteiger partial charge in [0, 0.05) is 6.42 Å². The van der Waals surface area contributed by atoms with Crippen LogP contribution in [0.5, 0.6) is 0 Å². The first kappa shape index (κ1) is 15.9. The summed E-state index contributed by atoms with van der Waals surface area (Å²) < 4.78 is 0. The Balaban J connectivity index is 4.29. The van der Waals surface area contributed by atoms with Gasteiger partial charge in [0.05, 0.1) is 0 Å². The number of hydrogen-bond acceptors (Lipinski definition) is 3. The van der Waals surface area contributed by atoms with E-state index in [1.807, 2.05) is 0 Å². The van der Waals surface area contributed by atoms with Crippen LogP contribution in [-0.2, 0) is 9.59 Å². The Bertz CT molecular complexity index is 275. The monoisotopic (exact) mass is 244 g/mol. The van der Waals surface area contributed by atoms with Crippen LogP contribution in [0.15, 0.2) is 0 Å². The van der Waals surface area contributed by atoms with Crippen molar-refractivity contribution in [2.45, 2.75) is 46.1 Å². The van der Waals surface area contributed by atoms with Gasteiger partial charge in [-0.15, -0.1) is 0 Å². The third kappa shape index (κ3) is 6.26. The molecule has 5 heteroatoms. The number of carbonyl (C=O) groups is 2. The molecule has 0 radical (unpaired) electrons. The Labute approximate surface area is 103 Å². The molecule has 0 aliphatic heterocycles. The molecule has 0 bridgehead atoms. The second kappa shape index (κ2) is 6.59. The minimum atomic E-state index is -1.23. The lowest BCUT2D eigenvalue weighted by Crippen LogP contribution is -2.50. The average Bonchev–Trinajstić information content (AvgIpc) is 2.14. The van der Waals surface area contributed by atoms with Gasteiger partial charge in [-0.25, -0.2) is 4.79 Å². The largest absolute Gasteiger partial charge is 0.480 e. The highest BCUT2D eigenvalue weighted by molar-refractivity contribution is 5.86. The molecule has 4 N–H and O–H groups in total. The molecule has 0 spiro atoms. The number of nitrogens with two attached hydrogens (primary N) is 1. The number of hydrogen-bond donors (Lipinski definition) is 3. The number of carbonyl (C=O) groups excluding carboxylic acids is 1. The Morgan fingerprint density at radius 1 is 1.35 bits per heavy atom. The van der Waals surface area contributed by atoms with Gasteiger partial charge < -0.3 is 16.2 Å². The van der Waals surface area contributed by atoms with Gasteiger partial charge in [0.15, 0.2) is 0 Å². The fourth-order valence-electron chi connectivity index (χ4n) is 1.64. The summed E-state index contributed by atoms with van der Waals surface area (Å²) in [6.45, 7) is 7.52. The molecule has 1 unspecified atom stereocenters. The zero-order chi connectivity index (χ0) is 13.6. The molecule has 1 atom stereocenters. The lowest BCUT2D eigenvalue weighted by Gasteiger charge is -2.23. The molecule has 0 heterocycles. The number of nitrogens with one attached hydrogen (secondary N) is 1. The summed E-state index contributed by atoms with van der Waals surface area (Å²) in [5, 5.41) is 11.4. The molecule has 0 aromatic rings.